The minimum absolute atomic E-state index is 0.159. The largest absolute Gasteiger partial charge is 0.381 e. The molecule has 1 unspecified atom stereocenters. The highest BCUT2D eigenvalue weighted by Crippen LogP contribution is 2.45. The fourth-order valence-corrected chi connectivity index (χ4v) is 6.31. The van der Waals surface area contributed by atoms with Gasteiger partial charge in [-0.25, -0.2) is 8.42 Å². The Labute approximate surface area is 133 Å². The van der Waals surface area contributed by atoms with Crippen LogP contribution in [0.2, 0.25) is 0 Å². The van der Waals surface area contributed by atoms with Gasteiger partial charge >= 0.3 is 0 Å². The first-order valence-electron chi connectivity index (χ1n) is 8.05. The van der Waals surface area contributed by atoms with Crippen LogP contribution in [0.25, 0.3) is 0 Å². The van der Waals surface area contributed by atoms with Gasteiger partial charge in [0.05, 0.1) is 12.4 Å². The molecule has 122 valence electrons. The molecule has 3 rings (SSSR count). The number of aryl methyl sites for hydroxylation is 1. The van der Waals surface area contributed by atoms with Crippen LogP contribution >= 0.6 is 0 Å². The summed E-state index contributed by atoms with van der Waals surface area (Å²) in [4.78, 5) is 2.25. The molecule has 2 saturated heterocycles. The highest BCUT2D eigenvalue weighted by molar-refractivity contribution is 7.93. The lowest BCUT2D eigenvalue weighted by atomic mass is 9.83. The molecule has 0 N–H and O–H groups in total. The Morgan fingerprint density at radius 3 is 2.82 bits per heavy atom. The van der Waals surface area contributed by atoms with Crippen molar-refractivity contribution < 1.29 is 13.2 Å². The quantitative estimate of drug-likeness (QED) is 0.832. The Hall–Kier alpha value is -0.910. The zero-order valence-electron chi connectivity index (χ0n) is 13.4. The van der Waals surface area contributed by atoms with E-state index in [9.17, 15) is 8.42 Å². The third kappa shape index (κ3) is 2.70. The molecule has 1 aromatic rings. The van der Waals surface area contributed by atoms with Crippen LogP contribution in [0.5, 0.6) is 0 Å². The first-order chi connectivity index (χ1) is 10.5. The van der Waals surface area contributed by atoms with Crippen molar-refractivity contribution in [1.29, 1.82) is 0 Å². The van der Waals surface area contributed by atoms with E-state index in [1.807, 2.05) is 6.92 Å². The van der Waals surface area contributed by atoms with E-state index in [0.717, 1.165) is 13.0 Å². The van der Waals surface area contributed by atoms with Crippen molar-refractivity contribution in [3.8, 4) is 0 Å². The summed E-state index contributed by atoms with van der Waals surface area (Å²) in [7, 11) is -2.98. The van der Waals surface area contributed by atoms with Gasteiger partial charge in [0.25, 0.3) is 0 Å². The van der Waals surface area contributed by atoms with Gasteiger partial charge in [0.2, 0.25) is 0 Å². The minimum Gasteiger partial charge on any atom is -0.381 e. The standard InChI is InChI=1S/C17H25NO3S/c1-3-21-11-16-7-8-22(19,20)17(16)12-18(13-17)10-15-6-4-5-14(2)9-15/h4-6,9,16H,3,7-8,10-13H2,1-2H3. The summed E-state index contributed by atoms with van der Waals surface area (Å²) in [5, 5.41) is 0. The highest BCUT2D eigenvalue weighted by atomic mass is 32.2. The molecule has 0 saturated carbocycles. The molecule has 0 amide bonds. The van der Waals surface area contributed by atoms with Gasteiger partial charge < -0.3 is 4.74 Å². The van der Waals surface area contributed by atoms with Crippen LogP contribution < -0.4 is 0 Å². The number of likely N-dealkylation sites (tertiary alicyclic amines) is 1. The van der Waals surface area contributed by atoms with Crippen LogP contribution in [0.4, 0.5) is 0 Å². The Balaban J connectivity index is 1.68. The number of benzene rings is 1. The van der Waals surface area contributed by atoms with Crippen molar-refractivity contribution in [2.24, 2.45) is 5.92 Å². The monoisotopic (exact) mass is 323 g/mol. The summed E-state index contributed by atoms with van der Waals surface area (Å²) in [6.07, 6.45) is 0.751. The molecule has 0 aromatic heterocycles. The van der Waals surface area contributed by atoms with Crippen LogP contribution in [0.15, 0.2) is 24.3 Å². The van der Waals surface area contributed by atoms with Crippen molar-refractivity contribution in [2.75, 3.05) is 32.1 Å². The number of rotatable bonds is 5. The van der Waals surface area contributed by atoms with Gasteiger partial charge in [-0.15, -0.1) is 0 Å². The van der Waals surface area contributed by atoms with E-state index in [1.165, 1.54) is 11.1 Å². The summed E-state index contributed by atoms with van der Waals surface area (Å²) < 4.78 is 30.0. The number of hydrogen-bond acceptors (Lipinski definition) is 4. The zero-order valence-corrected chi connectivity index (χ0v) is 14.2. The molecule has 0 bridgehead atoms. The Morgan fingerprint density at radius 1 is 1.36 bits per heavy atom. The second-order valence-corrected chi connectivity index (χ2v) is 9.11. The van der Waals surface area contributed by atoms with Gasteiger partial charge in [-0.2, -0.15) is 0 Å². The molecule has 22 heavy (non-hydrogen) atoms. The molecular formula is C17H25NO3S. The number of sulfone groups is 1. The molecular weight excluding hydrogens is 298 g/mol. The second kappa shape index (κ2) is 5.95. The molecule has 2 heterocycles. The molecule has 0 radical (unpaired) electrons. The second-order valence-electron chi connectivity index (χ2n) is 6.66. The van der Waals surface area contributed by atoms with Gasteiger partial charge in [0.15, 0.2) is 9.84 Å². The van der Waals surface area contributed by atoms with Crippen LogP contribution in [0.1, 0.15) is 24.5 Å². The van der Waals surface area contributed by atoms with Crippen molar-refractivity contribution in [3.63, 3.8) is 0 Å². The Morgan fingerprint density at radius 2 is 2.14 bits per heavy atom. The van der Waals surface area contributed by atoms with E-state index in [0.29, 0.717) is 32.1 Å². The fourth-order valence-electron chi connectivity index (χ4n) is 3.86. The van der Waals surface area contributed by atoms with Gasteiger partial charge in [-0.1, -0.05) is 29.8 Å². The van der Waals surface area contributed by atoms with E-state index in [2.05, 4.69) is 36.1 Å². The van der Waals surface area contributed by atoms with Gasteiger partial charge in [-0.05, 0) is 25.8 Å². The first-order valence-corrected chi connectivity index (χ1v) is 9.70. The molecule has 2 fully saturated rings. The molecule has 4 nitrogen and oxygen atoms in total. The third-order valence-electron chi connectivity index (χ3n) is 5.09. The molecule has 1 spiro atoms. The summed E-state index contributed by atoms with van der Waals surface area (Å²) >= 11 is 0. The maximum absolute atomic E-state index is 12.5. The van der Waals surface area contributed by atoms with Gasteiger partial charge in [0.1, 0.15) is 4.75 Å². The molecule has 1 aromatic carbocycles. The summed E-state index contributed by atoms with van der Waals surface area (Å²) in [6, 6.07) is 8.43. The zero-order chi connectivity index (χ0) is 15.8. The van der Waals surface area contributed by atoms with Crippen molar-refractivity contribution >= 4 is 9.84 Å². The maximum Gasteiger partial charge on any atom is 0.158 e. The van der Waals surface area contributed by atoms with Crippen LogP contribution in [-0.2, 0) is 21.1 Å². The molecule has 5 heteroatoms. The lowest BCUT2D eigenvalue weighted by Gasteiger charge is -2.50. The number of ether oxygens (including phenoxy) is 1. The lowest BCUT2D eigenvalue weighted by molar-refractivity contribution is 0.0292. The van der Waals surface area contributed by atoms with Crippen LogP contribution in [0.3, 0.4) is 0 Å². The average Bonchev–Trinajstić information content (AvgIpc) is 2.68. The Bertz CT molecular complexity index is 635. The summed E-state index contributed by atoms with van der Waals surface area (Å²) in [5.74, 6) is 0.481. The van der Waals surface area contributed by atoms with Crippen LogP contribution in [-0.4, -0.2) is 50.1 Å². The van der Waals surface area contributed by atoms with Gasteiger partial charge in [0, 0.05) is 32.2 Å². The predicted octanol–water partition coefficient (Wildman–Crippen LogP) is 2.02. The van der Waals surface area contributed by atoms with Gasteiger partial charge in [-0.3, -0.25) is 4.90 Å². The van der Waals surface area contributed by atoms with E-state index in [1.54, 1.807) is 0 Å². The summed E-state index contributed by atoms with van der Waals surface area (Å²) in [5.41, 5.74) is 2.50. The van der Waals surface area contributed by atoms with E-state index < -0.39 is 14.6 Å². The third-order valence-corrected chi connectivity index (χ3v) is 7.70. The highest BCUT2D eigenvalue weighted by Gasteiger charge is 2.61. The molecule has 2 aliphatic heterocycles. The van der Waals surface area contributed by atoms with E-state index >= 15 is 0 Å². The Kier molecular flexibility index (Phi) is 4.32. The number of nitrogens with zero attached hydrogens (tertiary/aromatic N) is 1. The van der Waals surface area contributed by atoms with E-state index in [-0.39, 0.29) is 5.92 Å². The van der Waals surface area contributed by atoms with Crippen molar-refractivity contribution in [2.45, 2.75) is 31.6 Å². The first kappa shape index (κ1) is 16.0. The fraction of sp³-hybridized carbons (Fsp3) is 0.647. The maximum atomic E-state index is 12.5. The lowest BCUT2D eigenvalue weighted by Crippen LogP contribution is -2.67. The van der Waals surface area contributed by atoms with Crippen molar-refractivity contribution in [3.05, 3.63) is 35.4 Å². The van der Waals surface area contributed by atoms with Crippen LogP contribution in [0, 0.1) is 12.8 Å². The number of hydrogen-bond donors (Lipinski definition) is 0. The molecule has 2 aliphatic rings. The normalized spacial score (nSPS) is 26.2. The van der Waals surface area contributed by atoms with Crippen molar-refractivity contribution in [1.82, 2.24) is 4.90 Å². The smallest absolute Gasteiger partial charge is 0.158 e. The SMILES string of the molecule is CCOCC1CCS(=O)(=O)C12CN(Cc1cccc(C)c1)C2. The van der Waals surface area contributed by atoms with E-state index in [4.69, 9.17) is 4.74 Å². The predicted molar refractivity (Wildman–Crippen MR) is 87.6 cm³/mol. The molecule has 0 aliphatic carbocycles. The molecule has 1 atom stereocenters. The topological polar surface area (TPSA) is 46.6 Å². The average molecular weight is 323 g/mol. The summed E-state index contributed by atoms with van der Waals surface area (Å²) in [6.45, 7) is 7.41. The minimum atomic E-state index is -2.98.